The molecule has 4 heterocycles. The highest BCUT2D eigenvalue weighted by molar-refractivity contribution is 5.92. The molecule has 1 amide bonds. The van der Waals surface area contributed by atoms with Gasteiger partial charge in [-0.25, -0.2) is 9.97 Å². The largest absolute Gasteiger partial charge is 0.466 e. The van der Waals surface area contributed by atoms with Crippen LogP contribution in [-0.2, 0) is 16.1 Å². The lowest BCUT2D eigenvalue weighted by molar-refractivity contribution is -0.145. The number of hydrogen-bond donors (Lipinski definition) is 0. The van der Waals surface area contributed by atoms with Gasteiger partial charge in [0.25, 0.3) is 5.91 Å². The number of para-hydroxylation sites is 1. The molecule has 0 N–H and O–H groups in total. The number of furan rings is 1. The molecular formula is C27H33N5O4. The minimum atomic E-state index is -0.142. The maximum absolute atomic E-state index is 12.7. The Bertz CT molecular complexity index is 1190. The average Bonchev–Trinajstić information content (AvgIpc) is 3.44. The summed E-state index contributed by atoms with van der Waals surface area (Å²) < 4.78 is 10.5. The van der Waals surface area contributed by atoms with Gasteiger partial charge in [0.2, 0.25) is 0 Å². The first-order valence-corrected chi connectivity index (χ1v) is 12.9. The van der Waals surface area contributed by atoms with Crippen LogP contribution in [0, 0.1) is 0 Å². The van der Waals surface area contributed by atoms with Gasteiger partial charge in [0.05, 0.1) is 31.4 Å². The van der Waals surface area contributed by atoms with Gasteiger partial charge in [-0.05, 0) is 50.6 Å². The minimum Gasteiger partial charge on any atom is -0.466 e. The summed E-state index contributed by atoms with van der Waals surface area (Å²) in [6.07, 6.45) is 5.12. The van der Waals surface area contributed by atoms with Gasteiger partial charge in [-0.15, -0.1) is 0 Å². The van der Waals surface area contributed by atoms with Crippen molar-refractivity contribution in [1.29, 1.82) is 0 Å². The lowest BCUT2D eigenvalue weighted by Crippen LogP contribution is -2.49. The number of nitrogens with zero attached hydrogens (tertiary/aromatic N) is 5. The van der Waals surface area contributed by atoms with Crippen molar-refractivity contribution in [3.8, 4) is 0 Å². The molecule has 3 aromatic rings. The fourth-order valence-corrected chi connectivity index (χ4v) is 5.19. The molecule has 1 atom stereocenters. The zero-order chi connectivity index (χ0) is 24.9. The molecule has 2 aliphatic rings. The number of likely N-dealkylation sites (tertiary alicyclic amines) is 1. The van der Waals surface area contributed by atoms with Crippen LogP contribution < -0.4 is 4.90 Å². The molecule has 190 valence electrons. The number of esters is 1. The van der Waals surface area contributed by atoms with E-state index in [1.807, 2.05) is 30.0 Å². The van der Waals surface area contributed by atoms with E-state index >= 15 is 0 Å². The van der Waals surface area contributed by atoms with Gasteiger partial charge in [0.15, 0.2) is 5.76 Å². The van der Waals surface area contributed by atoms with Crippen LogP contribution in [0.25, 0.3) is 10.9 Å². The maximum Gasteiger partial charge on any atom is 0.307 e. The zero-order valence-electron chi connectivity index (χ0n) is 20.8. The van der Waals surface area contributed by atoms with Crippen molar-refractivity contribution in [3.05, 3.63) is 54.2 Å². The van der Waals surface area contributed by atoms with E-state index in [0.717, 1.165) is 48.4 Å². The molecule has 0 spiro atoms. The minimum absolute atomic E-state index is 0.0781. The van der Waals surface area contributed by atoms with Gasteiger partial charge >= 0.3 is 5.97 Å². The van der Waals surface area contributed by atoms with Gasteiger partial charge in [-0.1, -0.05) is 18.6 Å². The van der Waals surface area contributed by atoms with E-state index in [4.69, 9.17) is 19.1 Å². The van der Waals surface area contributed by atoms with Crippen LogP contribution >= 0.6 is 0 Å². The fraction of sp³-hybridized carbons (Fsp3) is 0.481. The lowest BCUT2D eigenvalue weighted by Gasteiger charge is -2.36. The summed E-state index contributed by atoms with van der Waals surface area (Å²) in [7, 11) is 0. The molecule has 5 rings (SSSR count). The van der Waals surface area contributed by atoms with E-state index in [2.05, 4.69) is 15.9 Å². The number of hydrogen-bond acceptors (Lipinski definition) is 8. The van der Waals surface area contributed by atoms with Gasteiger partial charge < -0.3 is 19.0 Å². The number of rotatable bonds is 7. The van der Waals surface area contributed by atoms with E-state index in [1.54, 1.807) is 12.1 Å². The number of fused-ring (bicyclic) bond motifs is 1. The molecule has 1 aromatic carbocycles. The second-order valence-electron chi connectivity index (χ2n) is 9.37. The average molecular weight is 492 g/mol. The van der Waals surface area contributed by atoms with Crippen molar-refractivity contribution in [2.75, 3.05) is 44.2 Å². The number of benzene rings is 1. The Balaban J connectivity index is 1.34. The molecule has 2 fully saturated rings. The second kappa shape index (κ2) is 11.1. The number of aromatic nitrogens is 2. The van der Waals surface area contributed by atoms with Crippen LogP contribution in [-0.4, -0.2) is 77.0 Å². The number of amides is 1. The standard InChI is InChI=1S/C27H33N5O4/c1-2-35-25(33)18-20-8-5-6-12-32(20)19-24-28-22-10-4-3-9-21(22)26(29-24)30-13-15-31(16-14-30)27(34)23-11-7-17-36-23/h3-4,7,9-11,17,20H,2,5-6,8,12-16,18-19H2,1H3/t20-/m0/s1. The first kappa shape index (κ1) is 24.2. The lowest BCUT2D eigenvalue weighted by atomic mass is 9.99. The molecule has 9 nitrogen and oxygen atoms in total. The molecule has 0 aliphatic carbocycles. The van der Waals surface area contributed by atoms with E-state index < -0.39 is 0 Å². The van der Waals surface area contributed by atoms with Crippen LogP contribution in [0.1, 0.15) is 49.0 Å². The summed E-state index contributed by atoms with van der Waals surface area (Å²) in [5.74, 6) is 1.81. The first-order valence-electron chi connectivity index (χ1n) is 12.9. The van der Waals surface area contributed by atoms with E-state index in [9.17, 15) is 9.59 Å². The van der Waals surface area contributed by atoms with Crippen molar-refractivity contribution in [2.24, 2.45) is 0 Å². The third kappa shape index (κ3) is 5.36. The maximum atomic E-state index is 12.7. The molecular weight excluding hydrogens is 458 g/mol. The Kier molecular flexibility index (Phi) is 7.46. The molecule has 36 heavy (non-hydrogen) atoms. The van der Waals surface area contributed by atoms with E-state index in [0.29, 0.717) is 51.5 Å². The smallest absolute Gasteiger partial charge is 0.307 e. The van der Waals surface area contributed by atoms with Crippen LogP contribution in [0.3, 0.4) is 0 Å². The normalized spacial score (nSPS) is 19.0. The van der Waals surface area contributed by atoms with Gasteiger partial charge in [0, 0.05) is 37.6 Å². The summed E-state index contributed by atoms with van der Waals surface area (Å²) in [4.78, 5) is 41.2. The molecule has 0 bridgehead atoms. The second-order valence-corrected chi connectivity index (χ2v) is 9.37. The Morgan fingerprint density at radius 1 is 1.03 bits per heavy atom. The number of piperidine rings is 1. The SMILES string of the molecule is CCOC(=O)C[C@@H]1CCCCN1Cc1nc(N2CCN(C(=O)c3ccco3)CC2)c2ccccc2n1. The van der Waals surface area contributed by atoms with Gasteiger partial charge in [0.1, 0.15) is 11.6 Å². The molecule has 9 heteroatoms. The Morgan fingerprint density at radius 2 is 1.86 bits per heavy atom. The summed E-state index contributed by atoms with van der Waals surface area (Å²) in [5.41, 5.74) is 0.908. The summed E-state index contributed by atoms with van der Waals surface area (Å²) >= 11 is 0. The topological polar surface area (TPSA) is 92.0 Å². The van der Waals surface area contributed by atoms with Crippen LogP contribution in [0.2, 0.25) is 0 Å². The van der Waals surface area contributed by atoms with Gasteiger partial charge in [-0.2, -0.15) is 0 Å². The number of carbonyl (C=O) groups is 2. The van der Waals surface area contributed by atoms with Crippen molar-refractivity contribution in [3.63, 3.8) is 0 Å². The predicted octanol–water partition coefficient (Wildman–Crippen LogP) is 3.49. The van der Waals surface area contributed by atoms with Crippen LogP contribution in [0.15, 0.2) is 47.1 Å². The zero-order valence-corrected chi connectivity index (χ0v) is 20.8. The first-order chi connectivity index (χ1) is 17.6. The molecule has 0 unspecified atom stereocenters. The highest BCUT2D eigenvalue weighted by Gasteiger charge is 2.28. The Morgan fingerprint density at radius 3 is 2.64 bits per heavy atom. The molecule has 2 aliphatic heterocycles. The quantitative estimate of drug-likeness (QED) is 0.464. The van der Waals surface area contributed by atoms with E-state index in [-0.39, 0.29) is 17.9 Å². The highest BCUT2D eigenvalue weighted by Crippen LogP contribution is 2.27. The van der Waals surface area contributed by atoms with Crippen LogP contribution in [0.5, 0.6) is 0 Å². The number of piperazine rings is 1. The Hall–Kier alpha value is -3.46. The summed E-state index contributed by atoms with van der Waals surface area (Å²) in [5, 5.41) is 1.01. The van der Waals surface area contributed by atoms with Crippen LogP contribution in [0.4, 0.5) is 5.82 Å². The fourth-order valence-electron chi connectivity index (χ4n) is 5.19. The highest BCUT2D eigenvalue weighted by atomic mass is 16.5. The predicted molar refractivity (Wildman–Crippen MR) is 136 cm³/mol. The number of anilines is 1. The third-order valence-electron chi connectivity index (χ3n) is 7.03. The molecule has 2 aromatic heterocycles. The third-order valence-corrected chi connectivity index (χ3v) is 7.03. The summed E-state index contributed by atoms with van der Waals surface area (Å²) in [6, 6.07) is 11.7. The summed E-state index contributed by atoms with van der Waals surface area (Å²) in [6.45, 7) is 6.32. The van der Waals surface area contributed by atoms with Crippen molar-refractivity contribution >= 4 is 28.6 Å². The van der Waals surface area contributed by atoms with Gasteiger partial charge in [-0.3, -0.25) is 14.5 Å². The number of carbonyl (C=O) groups excluding carboxylic acids is 2. The number of ether oxygens (including phenoxy) is 1. The monoisotopic (exact) mass is 491 g/mol. The Labute approximate surface area is 211 Å². The van der Waals surface area contributed by atoms with E-state index in [1.165, 1.54) is 6.26 Å². The molecule has 2 saturated heterocycles. The molecule has 0 radical (unpaired) electrons. The van der Waals surface area contributed by atoms with Crippen molar-refractivity contribution < 1.29 is 18.7 Å². The van der Waals surface area contributed by atoms with Crippen molar-refractivity contribution in [1.82, 2.24) is 19.8 Å². The van der Waals surface area contributed by atoms with Crippen molar-refractivity contribution in [2.45, 2.75) is 45.2 Å². The molecule has 0 saturated carbocycles.